The van der Waals surface area contributed by atoms with E-state index in [-0.39, 0.29) is 11.9 Å². The van der Waals surface area contributed by atoms with Crippen molar-refractivity contribution in [2.75, 3.05) is 13.1 Å². The van der Waals surface area contributed by atoms with E-state index < -0.39 is 0 Å². The van der Waals surface area contributed by atoms with Gasteiger partial charge in [-0.15, -0.1) is 0 Å². The molecule has 1 aromatic heterocycles. The number of nitrogens with one attached hydrogen (secondary N) is 1. The Morgan fingerprint density at radius 1 is 1.53 bits per heavy atom. The van der Waals surface area contributed by atoms with Crippen LogP contribution < -0.4 is 5.32 Å². The van der Waals surface area contributed by atoms with Crippen LogP contribution in [0.1, 0.15) is 48.5 Å². The summed E-state index contributed by atoms with van der Waals surface area (Å²) in [4.78, 5) is 14.6. The average Bonchev–Trinajstić information content (AvgIpc) is 2.96. The van der Waals surface area contributed by atoms with Gasteiger partial charge in [-0.25, -0.2) is 0 Å². The van der Waals surface area contributed by atoms with Crippen molar-refractivity contribution in [1.29, 1.82) is 0 Å². The predicted molar refractivity (Wildman–Crippen MR) is 73.2 cm³/mol. The zero-order valence-corrected chi connectivity index (χ0v) is 12.2. The van der Waals surface area contributed by atoms with Crippen LogP contribution in [0, 0.1) is 13.8 Å². The van der Waals surface area contributed by atoms with Crippen LogP contribution in [-0.4, -0.2) is 41.1 Å². The molecule has 2 rings (SSSR count). The molecule has 0 bridgehead atoms. The number of aryl methyl sites for hydroxylation is 2. The first-order valence-electron chi connectivity index (χ1n) is 6.98. The standard InChI is InChI=1S/C14H23N3O2/c1-9(2)17(8-12-6-5-7-15-12)14(18)13-10(3)16-19-11(13)4/h9,12,15H,5-8H2,1-4H3. The largest absolute Gasteiger partial charge is 0.361 e. The third kappa shape index (κ3) is 2.97. The summed E-state index contributed by atoms with van der Waals surface area (Å²) in [5.74, 6) is 0.632. The van der Waals surface area contributed by atoms with Crippen molar-refractivity contribution in [2.24, 2.45) is 0 Å². The molecule has 0 saturated carbocycles. The summed E-state index contributed by atoms with van der Waals surface area (Å²) in [6.45, 7) is 9.50. The maximum Gasteiger partial charge on any atom is 0.259 e. The lowest BCUT2D eigenvalue weighted by atomic mass is 10.1. The smallest absolute Gasteiger partial charge is 0.259 e. The lowest BCUT2D eigenvalue weighted by molar-refractivity contribution is 0.0686. The van der Waals surface area contributed by atoms with Gasteiger partial charge in [-0.1, -0.05) is 5.16 Å². The Kier molecular flexibility index (Phi) is 4.24. The highest BCUT2D eigenvalue weighted by Gasteiger charge is 2.28. The molecule has 1 saturated heterocycles. The summed E-state index contributed by atoms with van der Waals surface area (Å²) in [7, 11) is 0. The molecule has 0 radical (unpaired) electrons. The van der Waals surface area contributed by atoms with Gasteiger partial charge >= 0.3 is 0 Å². The van der Waals surface area contributed by atoms with Gasteiger partial charge in [-0.2, -0.15) is 0 Å². The molecule has 5 nitrogen and oxygen atoms in total. The van der Waals surface area contributed by atoms with Gasteiger partial charge in [0.25, 0.3) is 5.91 Å². The fourth-order valence-corrected chi connectivity index (χ4v) is 2.61. The first kappa shape index (κ1) is 14.1. The molecule has 1 fully saturated rings. The lowest BCUT2D eigenvalue weighted by Gasteiger charge is -2.29. The third-order valence-corrected chi connectivity index (χ3v) is 3.71. The number of rotatable bonds is 4. The zero-order valence-electron chi connectivity index (χ0n) is 12.2. The van der Waals surface area contributed by atoms with Crippen LogP contribution in [-0.2, 0) is 0 Å². The van der Waals surface area contributed by atoms with Crippen LogP contribution in [0.25, 0.3) is 0 Å². The molecule has 0 aliphatic carbocycles. The number of hydrogen-bond acceptors (Lipinski definition) is 4. The Labute approximate surface area is 114 Å². The van der Waals surface area contributed by atoms with E-state index in [9.17, 15) is 4.79 Å². The van der Waals surface area contributed by atoms with Gasteiger partial charge in [0, 0.05) is 18.6 Å². The minimum absolute atomic E-state index is 0.0277. The highest BCUT2D eigenvalue weighted by atomic mass is 16.5. The quantitative estimate of drug-likeness (QED) is 0.903. The van der Waals surface area contributed by atoms with Gasteiger partial charge in [-0.05, 0) is 47.1 Å². The summed E-state index contributed by atoms with van der Waals surface area (Å²) in [6, 6.07) is 0.579. The fraction of sp³-hybridized carbons (Fsp3) is 0.714. The number of carbonyl (C=O) groups excluding carboxylic acids is 1. The molecular formula is C14H23N3O2. The highest BCUT2D eigenvalue weighted by molar-refractivity contribution is 5.96. The third-order valence-electron chi connectivity index (χ3n) is 3.71. The van der Waals surface area contributed by atoms with E-state index in [0.717, 1.165) is 19.5 Å². The van der Waals surface area contributed by atoms with Crippen molar-refractivity contribution in [2.45, 2.75) is 52.6 Å². The maximum atomic E-state index is 12.7. The van der Waals surface area contributed by atoms with E-state index >= 15 is 0 Å². The first-order valence-corrected chi connectivity index (χ1v) is 6.98. The average molecular weight is 265 g/mol. The molecule has 19 heavy (non-hydrogen) atoms. The zero-order chi connectivity index (χ0) is 14.0. The number of nitrogens with zero attached hydrogens (tertiary/aromatic N) is 2. The molecule has 1 N–H and O–H groups in total. The van der Waals surface area contributed by atoms with Crippen molar-refractivity contribution in [3.63, 3.8) is 0 Å². The molecule has 1 atom stereocenters. The molecule has 106 valence electrons. The van der Waals surface area contributed by atoms with Crippen molar-refractivity contribution in [3.8, 4) is 0 Å². The minimum Gasteiger partial charge on any atom is -0.361 e. The van der Waals surface area contributed by atoms with Crippen LogP contribution >= 0.6 is 0 Å². The van der Waals surface area contributed by atoms with Crippen LogP contribution in [0.5, 0.6) is 0 Å². The van der Waals surface area contributed by atoms with Gasteiger partial charge in [0.15, 0.2) is 0 Å². The second-order valence-electron chi connectivity index (χ2n) is 5.54. The monoisotopic (exact) mass is 265 g/mol. The Morgan fingerprint density at radius 3 is 2.74 bits per heavy atom. The van der Waals surface area contributed by atoms with E-state index in [0.29, 0.717) is 23.1 Å². The molecular weight excluding hydrogens is 242 g/mol. The number of hydrogen-bond donors (Lipinski definition) is 1. The molecule has 1 unspecified atom stereocenters. The van der Waals surface area contributed by atoms with Crippen LogP contribution in [0.3, 0.4) is 0 Å². The number of carbonyl (C=O) groups is 1. The molecule has 1 aliphatic heterocycles. The van der Waals surface area contributed by atoms with Crippen molar-refractivity contribution in [1.82, 2.24) is 15.4 Å². The molecule has 5 heteroatoms. The number of aromatic nitrogens is 1. The first-order chi connectivity index (χ1) is 9.00. The van der Waals surface area contributed by atoms with Crippen molar-refractivity contribution in [3.05, 3.63) is 17.0 Å². The minimum atomic E-state index is 0.0277. The maximum absolute atomic E-state index is 12.7. The second-order valence-corrected chi connectivity index (χ2v) is 5.54. The van der Waals surface area contributed by atoms with E-state index in [1.807, 2.05) is 25.7 Å². The van der Waals surface area contributed by atoms with E-state index in [1.165, 1.54) is 6.42 Å². The molecule has 0 spiro atoms. The Hall–Kier alpha value is -1.36. The Morgan fingerprint density at radius 2 is 2.26 bits per heavy atom. The van der Waals surface area contributed by atoms with E-state index in [4.69, 9.17) is 4.52 Å². The van der Waals surface area contributed by atoms with E-state index in [2.05, 4.69) is 10.5 Å². The van der Waals surface area contributed by atoms with Gasteiger partial charge < -0.3 is 14.7 Å². The Bertz CT molecular complexity index is 428. The topological polar surface area (TPSA) is 58.4 Å². The molecule has 1 aromatic rings. The summed E-state index contributed by atoms with van der Waals surface area (Å²) >= 11 is 0. The summed E-state index contributed by atoms with van der Waals surface area (Å²) in [5, 5.41) is 7.31. The summed E-state index contributed by atoms with van der Waals surface area (Å²) in [5.41, 5.74) is 1.29. The van der Waals surface area contributed by atoms with Gasteiger partial charge in [0.1, 0.15) is 11.3 Å². The fourth-order valence-electron chi connectivity index (χ4n) is 2.61. The molecule has 1 aliphatic rings. The van der Waals surface area contributed by atoms with Crippen molar-refractivity contribution < 1.29 is 9.32 Å². The second kappa shape index (κ2) is 5.74. The normalized spacial score (nSPS) is 19.1. The summed E-state index contributed by atoms with van der Waals surface area (Å²) in [6.07, 6.45) is 2.33. The van der Waals surface area contributed by atoms with E-state index in [1.54, 1.807) is 6.92 Å². The predicted octanol–water partition coefficient (Wildman–Crippen LogP) is 1.89. The lowest BCUT2D eigenvalue weighted by Crippen LogP contribution is -2.45. The Balaban J connectivity index is 2.16. The molecule has 0 aromatic carbocycles. The van der Waals surface area contributed by atoms with Gasteiger partial charge in [0.2, 0.25) is 0 Å². The molecule has 1 amide bonds. The van der Waals surface area contributed by atoms with Crippen LogP contribution in [0.15, 0.2) is 4.52 Å². The van der Waals surface area contributed by atoms with Gasteiger partial charge in [0.05, 0.1) is 5.69 Å². The van der Waals surface area contributed by atoms with Gasteiger partial charge in [-0.3, -0.25) is 4.79 Å². The summed E-state index contributed by atoms with van der Waals surface area (Å²) < 4.78 is 5.10. The van der Waals surface area contributed by atoms with Crippen LogP contribution in [0.2, 0.25) is 0 Å². The van der Waals surface area contributed by atoms with Crippen LogP contribution in [0.4, 0.5) is 0 Å². The molecule has 2 heterocycles. The number of amides is 1. The highest BCUT2D eigenvalue weighted by Crippen LogP contribution is 2.18. The van der Waals surface area contributed by atoms with Crippen molar-refractivity contribution >= 4 is 5.91 Å². The SMILES string of the molecule is Cc1noc(C)c1C(=O)N(CC1CCCN1)C(C)C.